The number of allylic oxidation sites excluding steroid dienone is 1. The molecule has 1 unspecified atom stereocenters. The molecule has 0 aliphatic carbocycles. The van der Waals surface area contributed by atoms with Crippen LogP contribution in [0.1, 0.15) is 40.2 Å². The summed E-state index contributed by atoms with van der Waals surface area (Å²) in [4.78, 5) is 0. The Morgan fingerprint density at radius 3 is 2.05 bits per heavy atom. The normalized spacial score (nSPS) is 22.9. The summed E-state index contributed by atoms with van der Waals surface area (Å²) < 4.78 is 12.1. The van der Waals surface area contributed by atoms with E-state index in [-0.39, 0.29) is 24.1 Å². The van der Waals surface area contributed by atoms with Crippen molar-refractivity contribution in [1.29, 1.82) is 0 Å². The molecule has 0 N–H and O–H groups in total. The van der Waals surface area contributed by atoms with Crippen LogP contribution in [-0.2, 0) is 9.31 Å². The zero-order chi connectivity index (χ0) is 14.1. The Kier molecular flexibility index (Phi) is 3.89. The Morgan fingerprint density at radius 1 is 1.00 bits per heavy atom. The Labute approximate surface area is 117 Å². The lowest BCUT2D eigenvalue weighted by Crippen LogP contribution is -2.41. The molecule has 0 saturated carbocycles. The third-order valence-corrected chi connectivity index (χ3v) is 4.09. The molecule has 0 bridgehead atoms. The van der Waals surface area contributed by atoms with E-state index in [1.807, 2.05) is 18.2 Å². The van der Waals surface area contributed by atoms with Crippen LogP contribution in [-0.4, -0.2) is 18.3 Å². The van der Waals surface area contributed by atoms with E-state index in [4.69, 9.17) is 9.31 Å². The molecular weight excluding hydrogens is 235 g/mol. The van der Waals surface area contributed by atoms with Crippen molar-refractivity contribution in [2.75, 3.05) is 0 Å². The molecule has 0 amide bonds. The van der Waals surface area contributed by atoms with Gasteiger partial charge in [0.15, 0.2) is 0 Å². The average molecular weight is 258 g/mol. The molecule has 1 aliphatic rings. The van der Waals surface area contributed by atoms with Gasteiger partial charge in [0, 0.05) is 5.82 Å². The van der Waals surface area contributed by atoms with Gasteiger partial charge in [0.25, 0.3) is 0 Å². The summed E-state index contributed by atoms with van der Waals surface area (Å²) in [6.45, 7) is 10.5. The molecule has 1 atom stereocenters. The molecule has 1 aromatic carbocycles. The highest BCUT2D eigenvalue weighted by atomic mass is 16.7. The first-order chi connectivity index (χ1) is 8.82. The van der Waals surface area contributed by atoms with Crippen LogP contribution in [0.5, 0.6) is 0 Å². The molecule has 2 rings (SSSR count). The molecule has 0 aromatic heterocycles. The predicted octanol–water partition coefficient (Wildman–Crippen LogP) is 4.18. The van der Waals surface area contributed by atoms with Gasteiger partial charge in [-0.1, -0.05) is 49.4 Å². The van der Waals surface area contributed by atoms with Crippen molar-refractivity contribution in [3.05, 3.63) is 42.0 Å². The van der Waals surface area contributed by atoms with Gasteiger partial charge >= 0.3 is 7.12 Å². The monoisotopic (exact) mass is 258 g/mol. The summed E-state index contributed by atoms with van der Waals surface area (Å²) in [6.07, 6.45) is 4.27. The minimum atomic E-state index is -0.257. The number of benzene rings is 1. The van der Waals surface area contributed by atoms with Gasteiger partial charge in [-0.2, -0.15) is 0 Å². The highest BCUT2D eigenvalue weighted by molar-refractivity contribution is 6.48. The molecule has 0 spiro atoms. The maximum Gasteiger partial charge on any atom is 0.464 e. The molecule has 3 heteroatoms. The lowest BCUT2D eigenvalue weighted by atomic mass is 9.73. The second kappa shape index (κ2) is 5.14. The maximum absolute atomic E-state index is 6.04. The molecule has 1 aromatic rings. The Hall–Kier alpha value is -1.06. The summed E-state index contributed by atoms with van der Waals surface area (Å²) in [7, 11) is -0.176. The number of rotatable bonds is 3. The van der Waals surface area contributed by atoms with E-state index in [1.54, 1.807) is 0 Å². The van der Waals surface area contributed by atoms with Gasteiger partial charge in [0.2, 0.25) is 0 Å². The fourth-order valence-corrected chi connectivity index (χ4v) is 2.02. The van der Waals surface area contributed by atoms with Crippen LogP contribution in [0.4, 0.5) is 0 Å². The predicted molar refractivity (Wildman–Crippen MR) is 81.0 cm³/mol. The lowest BCUT2D eigenvalue weighted by Gasteiger charge is -2.32. The van der Waals surface area contributed by atoms with Gasteiger partial charge in [0.05, 0.1) is 11.2 Å². The van der Waals surface area contributed by atoms with Crippen LogP contribution in [0.25, 0.3) is 6.08 Å². The first-order valence-electron chi connectivity index (χ1n) is 6.91. The molecule has 2 nitrogen and oxygen atoms in total. The van der Waals surface area contributed by atoms with Crippen LogP contribution < -0.4 is 0 Å². The molecule has 19 heavy (non-hydrogen) atoms. The van der Waals surface area contributed by atoms with Crippen LogP contribution in [0, 0.1) is 0 Å². The van der Waals surface area contributed by atoms with Gasteiger partial charge in [-0.05, 0) is 33.3 Å². The van der Waals surface area contributed by atoms with Crippen LogP contribution in [0.15, 0.2) is 36.4 Å². The molecule has 0 radical (unpaired) electrons. The van der Waals surface area contributed by atoms with E-state index >= 15 is 0 Å². The van der Waals surface area contributed by atoms with Gasteiger partial charge in [-0.15, -0.1) is 0 Å². The number of hydrogen-bond acceptors (Lipinski definition) is 2. The lowest BCUT2D eigenvalue weighted by molar-refractivity contribution is 0.00578. The Bertz CT molecular complexity index is 435. The highest BCUT2D eigenvalue weighted by Crippen LogP contribution is 2.40. The van der Waals surface area contributed by atoms with E-state index in [1.165, 1.54) is 5.56 Å². The minimum Gasteiger partial charge on any atom is -0.403 e. The summed E-state index contributed by atoms with van der Waals surface area (Å²) in [5.74, 6) is 0.223. The maximum atomic E-state index is 6.04. The molecule has 1 aliphatic heterocycles. The van der Waals surface area contributed by atoms with Crippen LogP contribution in [0.3, 0.4) is 0 Å². The molecule has 1 heterocycles. The molecule has 1 fully saturated rings. The SMILES string of the molecule is CC(/C=C/c1ccccc1)B1OC(C)(C)C(C)(C)O1. The standard InChI is InChI=1S/C16H23BO2/c1-13(11-12-14-9-7-6-8-10-14)17-18-15(2,3)16(4,5)19-17/h6-13H,1-5H3/b12-11+. The third kappa shape index (κ3) is 3.10. The van der Waals surface area contributed by atoms with Crippen molar-refractivity contribution in [3.63, 3.8) is 0 Å². The van der Waals surface area contributed by atoms with Crippen LogP contribution >= 0.6 is 0 Å². The van der Waals surface area contributed by atoms with E-state index in [0.717, 1.165) is 0 Å². The fourth-order valence-electron chi connectivity index (χ4n) is 2.02. The van der Waals surface area contributed by atoms with Gasteiger partial charge in [0.1, 0.15) is 0 Å². The smallest absolute Gasteiger partial charge is 0.403 e. The quantitative estimate of drug-likeness (QED) is 0.757. The Morgan fingerprint density at radius 2 is 1.53 bits per heavy atom. The summed E-state index contributed by atoms with van der Waals surface area (Å²) >= 11 is 0. The largest absolute Gasteiger partial charge is 0.464 e. The van der Waals surface area contributed by atoms with Gasteiger partial charge < -0.3 is 9.31 Å². The van der Waals surface area contributed by atoms with Crippen molar-refractivity contribution in [2.24, 2.45) is 0 Å². The first-order valence-corrected chi connectivity index (χ1v) is 6.91. The highest BCUT2D eigenvalue weighted by Gasteiger charge is 2.52. The third-order valence-electron chi connectivity index (χ3n) is 4.09. The van der Waals surface area contributed by atoms with E-state index in [9.17, 15) is 0 Å². The van der Waals surface area contributed by atoms with E-state index in [0.29, 0.717) is 0 Å². The van der Waals surface area contributed by atoms with Gasteiger partial charge in [-0.3, -0.25) is 0 Å². The second-order valence-electron chi connectivity index (χ2n) is 6.25. The summed E-state index contributed by atoms with van der Waals surface area (Å²) in [6, 6.07) is 10.3. The minimum absolute atomic E-state index is 0.176. The van der Waals surface area contributed by atoms with Crippen molar-refractivity contribution in [1.82, 2.24) is 0 Å². The average Bonchev–Trinajstić information content (AvgIpc) is 2.57. The molecule has 102 valence electrons. The van der Waals surface area contributed by atoms with Crippen LogP contribution in [0.2, 0.25) is 5.82 Å². The summed E-state index contributed by atoms with van der Waals surface area (Å²) in [5, 5.41) is 0. The zero-order valence-electron chi connectivity index (χ0n) is 12.5. The fraction of sp³-hybridized carbons (Fsp3) is 0.500. The van der Waals surface area contributed by atoms with Gasteiger partial charge in [-0.25, -0.2) is 0 Å². The van der Waals surface area contributed by atoms with Crippen molar-refractivity contribution in [2.45, 2.75) is 51.6 Å². The van der Waals surface area contributed by atoms with Crippen molar-refractivity contribution in [3.8, 4) is 0 Å². The molecule has 1 saturated heterocycles. The second-order valence-corrected chi connectivity index (χ2v) is 6.25. The van der Waals surface area contributed by atoms with E-state index in [2.05, 4.69) is 58.9 Å². The number of hydrogen-bond donors (Lipinski definition) is 0. The zero-order valence-corrected chi connectivity index (χ0v) is 12.5. The van der Waals surface area contributed by atoms with E-state index < -0.39 is 0 Å². The first kappa shape index (κ1) is 14.4. The van der Waals surface area contributed by atoms with Crippen molar-refractivity contribution < 1.29 is 9.31 Å². The molecular formula is C16H23BO2. The summed E-state index contributed by atoms with van der Waals surface area (Å²) in [5.41, 5.74) is 0.685. The Balaban J connectivity index is 2.03. The topological polar surface area (TPSA) is 18.5 Å². The van der Waals surface area contributed by atoms with Crippen molar-refractivity contribution >= 4 is 13.2 Å².